The lowest BCUT2D eigenvalue weighted by Crippen LogP contribution is -2.29. The molecule has 0 spiro atoms. The van der Waals surface area contributed by atoms with E-state index in [2.05, 4.69) is 53.4 Å². The largest absolute Gasteiger partial charge is 0.372 e. The fourth-order valence-electron chi connectivity index (χ4n) is 3.47. The highest BCUT2D eigenvalue weighted by Gasteiger charge is 2.10. The van der Waals surface area contributed by atoms with Gasteiger partial charge in [0.25, 0.3) is 0 Å². The second-order valence-corrected chi connectivity index (χ2v) is 6.87. The molecule has 3 nitrogen and oxygen atoms in total. The van der Waals surface area contributed by atoms with Crippen molar-refractivity contribution in [3.05, 3.63) is 90.5 Å². The van der Waals surface area contributed by atoms with Crippen molar-refractivity contribution in [1.29, 1.82) is 0 Å². The Hall–Kier alpha value is -3.07. The minimum absolute atomic E-state index is 1.05. The summed E-state index contributed by atoms with van der Waals surface area (Å²) in [5.74, 6) is 0. The number of hydrogen-bond acceptors (Lipinski definition) is 3. The first-order valence-electron chi connectivity index (χ1n) is 9.69. The quantitative estimate of drug-likeness (QED) is 0.422. The Morgan fingerprint density at radius 3 is 1.78 bits per heavy atom. The van der Waals surface area contributed by atoms with Crippen molar-refractivity contribution in [2.75, 3.05) is 23.0 Å². The van der Waals surface area contributed by atoms with Gasteiger partial charge in [0.15, 0.2) is 0 Å². The summed E-state index contributed by atoms with van der Waals surface area (Å²) in [6, 6.07) is 29.2. The summed E-state index contributed by atoms with van der Waals surface area (Å²) in [4.78, 5) is 2.48. The molecule has 0 atom stereocenters. The van der Waals surface area contributed by atoms with E-state index in [1.54, 1.807) is 0 Å². The second-order valence-electron chi connectivity index (χ2n) is 6.87. The van der Waals surface area contributed by atoms with E-state index in [0.717, 1.165) is 16.9 Å². The van der Waals surface area contributed by atoms with Crippen molar-refractivity contribution in [1.82, 2.24) is 0 Å². The molecule has 1 aliphatic rings. The number of benzene rings is 3. The van der Waals surface area contributed by atoms with E-state index < -0.39 is 0 Å². The summed E-state index contributed by atoms with van der Waals surface area (Å²) >= 11 is 0. The maximum atomic E-state index is 4.77. The van der Waals surface area contributed by atoms with Crippen molar-refractivity contribution >= 4 is 23.3 Å². The van der Waals surface area contributed by atoms with Gasteiger partial charge in [0.2, 0.25) is 0 Å². The monoisotopic (exact) mass is 355 g/mol. The topological polar surface area (TPSA) is 18.8 Å². The highest BCUT2D eigenvalue weighted by atomic mass is 15.5. The molecule has 0 amide bonds. The molecular weight excluding hydrogens is 330 g/mol. The van der Waals surface area contributed by atoms with Gasteiger partial charge in [0.1, 0.15) is 0 Å². The van der Waals surface area contributed by atoms with E-state index >= 15 is 0 Å². The van der Waals surface area contributed by atoms with Crippen LogP contribution in [0.15, 0.2) is 90.0 Å². The molecule has 0 aliphatic carbocycles. The normalized spacial score (nSPS) is 14.4. The minimum atomic E-state index is 1.05. The Bertz CT molecular complexity index is 812. The summed E-state index contributed by atoms with van der Waals surface area (Å²) in [6.45, 7) is 2.34. The van der Waals surface area contributed by atoms with Gasteiger partial charge in [0.05, 0.1) is 17.6 Å². The van der Waals surface area contributed by atoms with Crippen LogP contribution < -0.4 is 9.91 Å². The Morgan fingerprint density at radius 1 is 0.667 bits per heavy atom. The molecule has 1 fully saturated rings. The van der Waals surface area contributed by atoms with Crippen LogP contribution in [0.5, 0.6) is 0 Å². The SMILES string of the molecule is C(=N\N(c1ccccc1)c1ccccc1)/c1ccc(N2CCCCC2)cc1. The van der Waals surface area contributed by atoms with E-state index in [-0.39, 0.29) is 0 Å². The molecule has 0 saturated carbocycles. The first-order chi connectivity index (χ1) is 13.4. The van der Waals surface area contributed by atoms with Crippen molar-refractivity contribution in [3.63, 3.8) is 0 Å². The summed E-state index contributed by atoms with van der Waals surface area (Å²) in [5.41, 5.74) is 4.51. The van der Waals surface area contributed by atoms with Crippen LogP contribution in [0, 0.1) is 0 Å². The highest BCUT2D eigenvalue weighted by molar-refractivity contribution is 5.82. The number of nitrogens with zero attached hydrogens (tertiary/aromatic N) is 3. The lowest BCUT2D eigenvalue weighted by atomic mass is 10.1. The van der Waals surface area contributed by atoms with Crippen LogP contribution in [0.2, 0.25) is 0 Å². The van der Waals surface area contributed by atoms with Gasteiger partial charge in [-0.3, -0.25) is 0 Å². The fourth-order valence-corrected chi connectivity index (χ4v) is 3.47. The van der Waals surface area contributed by atoms with E-state index in [9.17, 15) is 0 Å². The van der Waals surface area contributed by atoms with Crippen molar-refractivity contribution in [2.24, 2.45) is 5.10 Å². The van der Waals surface area contributed by atoms with Crippen molar-refractivity contribution < 1.29 is 0 Å². The molecule has 4 rings (SSSR count). The number of piperidine rings is 1. The zero-order valence-corrected chi connectivity index (χ0v) is 15.5. The molecule has 1 saturated heterocycles. The van der Waals surface area contributed by atoms with Crippen LogP contribution in [0.3, 0.4) is 0 Å². The van der Waals surface area contributed by atoms with Gasteiger partial charge in [0, 0.05) is 18.8 Å². The number of anilines is 3. The number of hydrogen-bond donors (Lipinski definition) is 0. The van der Waals surface area contributed by atoms with Gasteiger partial charge in [-0.15, -0.1) is 0 Å². The molecule has 27 heavy (non-hydrogen) atoms. The highest BCUT2D eigenvalue weighted by Crippen LogP contribution is 2.25. The summed E-state index contributed by atoms with van der Waals surface area (Å²) < 4.78 is 0. The average molecular weight is 355 g/mol. The lowest BCUT2D eigenvalue weighted by molar-refractivity contribution is 0.578. The van der Waals surface area contributed by atoms with Crippen molar-refractivity contribution in [2.45, 2.75) is 19.3 Å². The maximum absolute atomic E-state index is 4.77. The van der Waals surface area contributed by atoms with E-state index in [4.69, 9.17) is 5.10 Å². The Kier molecular flexibility index (Phi) is 5.49. The fraction of sp³-hybridized carbons (Fsp3) is 0.208. The predicted octanol–water partition coefficient (Wildman–Crippen LogP) is 5.85. The van der Waals surface area contributed by atoms with Gasteiger partial charge in [-0.25, -0.2) is 5.01 Å². The lowest BCUT2D eigenvalue weighted by Gasteiger charge is -2.28. The van der Waals surface area contributed by atoms with Gasteiger partial charge >= 0.3 is 0 Å². The second kappa shape index (κ2) is 8.54. The average Bonchev–Trinajstić information content (AvgIpc) is 2.76. The maximum Gasteiger partial charge on any atom is 0.0652 e. The zero-order valence-electron chi connectivity index (χ0n) is 15.5. The third-order valence-electron chi connectivity index (χ3n) is 4.94. The number of para-hydroxylation sites is 2. The molecule has 0 unspecified atom stereocenters. The molecule has 0 N–H and O–H groups in total. The number of hydrazone groups is 1. The summed E-state index contributed by atoms with van der Waals surface area (Å²) in [6.07, 6.45) is 5.88. The van der Waals surface area contributed by atoms with E-state index in [1.807, 2.05) is 47.6 Å². The molecule has 0 radical (unpaired) electrons. The minimum Gasteiger partial charge on any atom is -0.372 e. The molecule has 3 aromatic rings. The molecule has 0 aromatic heterocycles. The van der Waals surface area contributed by atoms with Crippen LogP contribution in [0.4, 0.5) is 17.1 Å². The zero-order chi connectivity index (χ0) is 18.3. The Labute approximate surface area is 161 Å². The smallest absolute Gasteiger partial charge is 0.0652 e. The van der Waals surface area contributed by atoms with E-state index in [1.165, 1.54) is 38.0 Å². The van der Waals surface area contributed by atoms with Crippen molar-refractivity contribution in [3.8, 4) is 0 Å². The first kappa shape index (κ1) is 17.3. The van der Waals surface area contributed by atoms with Crippen LogP contribution in [0.25, 0.3) is 0 Å². The van der Waals surface area contributed by atoms with Gasteiger partial charge < -0.3 is 4.90 Å². The predicted molar refractivity (Wildman–Crippen MR) is 115 cm³/mol. The molecule has 0 bridgehead atoms. The van der Waals surface area contributed by atoms with Crippen LogP contribution in [0.1, 0.15) is 24.8 Å². The van der Waals surface area contributed by atoms with Crippen LogP contribution in [-0.4, -0.2) is 19.3 Å². The molecule has 1 aliphatic heterocycles. The molecule has 1 heterocycles. The van der Waals surface area contributed by atoms with Crippen LogP contribution in [-0.2, 0) is 0 Å². The molecule has 136 valence electrons. The van der Waals surface area contributed by atoms with Crippen LogP contribution >= 0.6 is 0 Å². The molecule has 3 aromatic carbocycles. The molecule has 3 heteroatoms. The molecular formula is C24H25N3. The van der Waals surface area contributed by atoms with E-state index in [0.29, 0.717) is 0 Å². The summed E-state index contributed by atoms with van der Waals surface area (Å²) in [5, 5.41) is 6.74. The third-order valence-corrected chi connectivity index (χ3v) is 4.94. The first-order valence-corrected chi connectivity index (χ1v) is 9.69. The standard InChI is InChI=1S/C24H25N3/c1-4-10-23(11-5-1)27(24-12-6-2-7-13-24)25-20-21-14-16-22(17-15-21)26-18-8-3-9-19-26/h1-2,4-7,10-17,20H,3,8-9,18-19H2/b25-20+. The third kappa shape index (κ3) is 4.37. The van der Waals surface area contributed by atoms with Gasteiger partial charge in [-0.1, -0.05) is 48.5 Å². The Balaban J connectivity index is 1.55. The summed E-state index contributed by atoms with van der Waals surface area (Å²) in [7, 11) is 0. The van der Waals surface area contributed by atoms with Gasteiger partial charge in [-0.05, 0) is 61.2 Å². The Morgan fingerprint density at radius 2 is 1.22 bits per heavy atom. The van der Waals surface area contributed by atoms with Gasteiger partial charge in [-0.2, -0.15) is 5.10 Å². The number of rotatable bonds is 5.